The smallest absolute Gasteiger partial charge is 0.365 e. The number of benzene rings is 2. The van der Waals surface area contributed by atoms with Crippen molar-refractivity contribution in [2.24, 2.45) is 0 Å². The van der Waals surface area contributed by atoms with Gasteiger partial charge in [0.15, 0.2) is 11.6 Å². The van der Waals surface area contributed by atoms with Crippen molar-refractivity contribution in [3.8, 4) is 0 Å². The van der Waals surface area contributed by atoms with Crippen molar-refractivity contribution >= 4 is 40.7 Å². The number of anilines is 2. The summed E-state index contributed by atoms with van der Waals surface area (Å²) in [5.41, 5.74) is 0.0324. The number of carbonyl (C=O) groups excluding carboxylic acids is 3. The molecule has 2 aromatic carbocycles. The number of piperazine rings is 2. The Kier molecular flexibility index (Phi) is 10.7. The molecule has 0 aliphatic carbocycles. The quantitative estimate of drug-likeness (QED) is 0.379. The maximum atomic E-state index is 15.1. The largest absolute Gasteiger partial charge is 0.390 e. The highest BCUT2D eigenvalue weighted by Gasteiger charge is 2.32. The third-order valence-electron chi connectivity index (χ3n) is 7.74. The van der Waals surface area contributed by atoms with Crippen molar-refractivity contribution in [2.75, 3.05) is 56.0 Å². The standard InChI is InChI=1S/C29H34ClF5N6O3/c1-17-15-39(9-7-29(33,34)35)11-12-41(17)24-13-20(30)4-6-22(24)38-27(43)21-5-3-19(25(31)26(21)32)14-37-28(44)23-16-40(18(2)42)10-8-36-23/h3-6,13,17,23,36H,7-12,14-16H2,1-2H3,(H,37,44)(H,38,43)/t17-,23+/m1/s1. The van der Waals surface area contributed by atoms with E-state index in [1.807, 2.05) is 11.8 Å². The van der Waals surface area contributed by atoms with Gasteiger partial charge in [-0.2, -0.15) is 13.2 Å². The zero-order valence-electron chi connectivity index (χ0n) is 24.2. The number of halogens is 6. The summed E-state index contributed by atoms with van der Waals surface area (Å²) < 4.78 is 68.1. The van der Waals surface area contributed by atoms with Crippen molar-refractivity contribution in [3.63, 3.8) is 0 Å². The fourth-order valence-electron chi connectivity index (χ4n) is 5.34. The normalized spacial score (nSPS) is 19.5. The van der Waals surface area contributed by atoms with Crippen molar-refractivity contribution in [1.82, 2.24) is 20.4 Å². The number of alkyl halides is 3. The molecule has 9 nitrogen and oxygen atoms in total. The Balaban J connectivity index is 1.42. The zero-order valence-corrected chi connectivity index (χ0v) is 25.0. The van der Waals surface area contributed by atoms with E-state index in [0.717, 1.165) is 6.07 Å². The fourth-order valence-corrected chi connectivity index (χ4v) is 5.50. The Morgan fingerprint density at radius 1 is 1.05 bits per heavy atom. The average Bonchev–Trinajstić information content (AvgIpc) is 2.97. The van der Waals surface area contributed by atoms with Gasteiger partial charge in [-0.1, -0.05) is 17.7 Å². The average molecular weight is 645 g/mol. The van der Waals surface area contributed by atoms with E-state index in [9.17, 15) is 31.9 Å². The lowest BCUT2D eigenvalue weighted by molar-refractivity contribution is -0.138. The van der Waals surface area contributed by atoms with Crippen LogP contribution in [0.5, 0.6) is 0 Å². The van der Waals surface area contributed by atoms with Crippen molar-refractivity contribution in [2.45, 2.75) is 45.1 Å². The van der Waals surface area contributed by atoms with Crippen LogP contribution in [-0.2, 0) is 16.1 Å². The van der Waals surface area contributed by atoms with Crippen LogP contribution >= 0.6 is 11.6 Å². The van der Waals surface area contributed by atoms with E-state index in [0.29, 0.717) is 43.4 Å². The summed E-state index contributed by atoms with van der Waals surface area (Å²) in [6, 6.07) is 6.01. The summed E-state index contributed by atoms with van der Waals surface area (Å²) >= 11 is 6.22. The summed E-state index contributed by atoms with van der Waals surface area (Å²) in [6.07, 6.45) is -5.17. The molecule has 2 aliphatic heterocycles. The van der Waals surface area contributed by atoms with Crippen molar-refractivity contribution < 1.29 is 36.3 Å². The maximum absolute atomic E-state index is 15.1. The number of rotatable bonds is 8. The molecule has 2 atom stereocenters. The zero-order chi connectivity index (χ0) is 32.2. The van der Waals surface area contributed by atoms with Crippen LogP contribution in [0.1, 0.15) is 36.2 Å². The summed E-state index contributed by atoms with van der Waals surface area (Å²) in [5.74, 6) is -4.26. The third kappa shape index (κ3) is 8.36. The number of nitrogens with zero attached hydrogens (tertiary/aromatic N) is 3. The van der Waals surface area contributed by atoms with E-state index in [4.69, 9.17) is 11.6 Å². The van der Waals surface area contributed by atoms with Gasteiger partial charge in [0, 0.05) is 75.9 Å². The highest BCUT2D eigenvalue weighted by atomic mass is 35.5. The molecule has 2 fully saturated rings. The molecule has 2 heterocycles. The number of hydrogen-bond donors (Lipinski definition) is 3. The predicted molar refractivity (Wildman–Crippen MR) is 156 cm³/mol. The van der Waals surface area contributed by atoms with Gasteiger partial charge >= 0.3 is 6.18 Å². The summed E-state index contributed by atoms with van der Waals surface area (Å²) in [6.45, 7) is 4.85. The molecule has 0 unspecified atom stereocenters. The first-order chi connectivity index (χ1) is 20.7. The van der Waals surface area contributed by atoms with Gasteiger partial charge in [0.25, 0.3) is 5.91 Å². The highest BCUT2D eigenvalue weighted by Crippen LogP contribution is 2.33. The topological polar surface area (TPSA) is 97.0 Å². The van der Waals surface area contributed by atoms with E-state index in [1.54, 1.807) is 11.0 Å². The van der Waals surface area contributed by atoms with Gasteiger partial charge in [0.05, 0.1) is 23.4 Å². The predicted octanol–water partition coefficient (Wildman–Crippen LogP) is 3.77. The Morgan fingerprint density at radius 2 is 1.80 bits per heavy atom. The van der Waals surface area contributed by atoms with Crippen LogP contribution in [0.15, 0.2) is 30.3 Å². The molecule has 0 aromatic heterocycles. The van der Waals surface area contributed by atoms with Crippen LogP contribution in [-0.4, -0.2) is 91.6 Å². The van der Waals surface area contributed by atoms with Crippen LogP contribution in [0.2, 0.25) is 5.02 Å². The Hall–Kier alpha value is -3.49. The molecule has 0 saturated carbocycles. The molecule has 0 bridgehead atoms. The molecule has 4 rings (SSSR count). The van der Waals surface area contributed by atoms with Crippen LogP contribution in [0.25, 0.3) is 0 Å². The van der Waals surface area contributed by atoms with Crippen molar-refractivity contribution in [3.05, 3.63) is 58.1 Å². The van der Waals surface area contributed by atoms with Gasteiger partial charge in [-0.15, -0.1) is 0 Å². The Morgan fingerprint density at radius 3 is 2.48 bits per heavy atom. The fraction of sp³-hybridized carbons (Fsp3) is 0.483. The first-order valence-electron chi connectivity index (χ1n) is 14.1. The number of amides is 3. The van der Waals surface area contributed by atoms with Crippen molar-refractivity contribution in [1.29, 1.82) is 0 Å². The molecule has 2 aliphatic rings. The van der Waals surface area contributed by atoms with E-state index >= 15 is 4.39 Å². The minimum absolute atomic E-state index is 0.124. The molecule has 3 N–H and O–H groups in total. The number of nitrogens with one attached hydrogen (secondary N) is 3. The van der Waals surface area contributed by atoms with Crippen LogP contribution < -0.4 is 20.9 Å². The highest BCUT2D eigenvalue weighted by molar-refractivity contribution is 6.31. The number of carbonyl (C=O) groups is 3. The Labute approximate surface area is 256 Å². The summed E-state index contributed by atoms with van der Waals surface area (Å²) in [7, 11) is 0. The number of hydrogen-bond acceptors (Lipinski definition) is 6. The van der Waals surface area contributed by atoms with E-state index < -0.39 is 47.7 Å². The molecular weight excluding hydrogens is 611 g/mol. The maximum Gasteiger partial charge on any atom is 0.390 e. The van der Waals surface area contributed by atoms with Gasteiger partial charge in [-0.25, -0.2) is 8.78 Å². The van der Waals surface area contributed by atoms with Crippen LogP contribution in [0.3, 0.4) is 0 Å². The molecule has 2 saturated heterocycles. The van der Waals surface area contributed by atoms with Gasteiger partial charge in [-0.05, 0) is 31.2 Å². The summed E-state index contributed by atoms with van der Waals surface area (Å²) in [4.78, 5) is 42.4. The second kappa shape index (κ2) is 14.1. The van der Waals surface area contributed by atoms with Gasteiger partial charge in [-0.3, -0.25) is 19.3 Å². The molecule has 0 spiro atoms. The molecule has 3 amide bonds. The monoisotopic (exact) mass is 644 g/mol. The van der Waals surface area contributed by atoms with Gasteiger partial charge in [0.1, 0.15) is 6.04 Å². The first-order valence-corrected chi connectivity index (χ1v) is 14.5. The van der Waals surface area contributed by atoms with E-state index in [2.05, 4.69) is 16.0 Å². The van der Waals surface area contributed by atoms with E-state index in [-0.39, 0.29) is 42.8 Å². The molecule has 2 aromatic rings. The second-order valence-corrected chi connectivity index (χ2v) is 11.3. The lowest BCUT2D eigenvalue weighted by Crippen LogP contribution is -2.57. The van der Waals surface area contributed by atoms with Gasteiger partial charge < -0.3 is 25.8 Å². The minimum atomic E-state index is -4.25. The molecule has 240 valence electrons. The SMILES string of the molecule is CC(=O)N1CCN[C@H](C(=O)NCc2ccc(C(=O)Nc3ccc(Cl)cc3N3CCN(CCC(F)(F)F)C[C@H]3C)c(F)c2F)C1. The summed E-state index contributed by atoms with van der Waals surface area (Å²) in [5, 5.41) is 8.47. The second-order valence-electron chi connectivity index (χ2n) is 10.9. The first kappa shape index (κ1) is 33.4. The molecular formula is C29H34ClF5N6O3. The van der Waals surface area contributed by atoms with Gasteiger partial charge in [0.2, 0.25) is 11.8 Å². The Bertz CT molecular complexity index is 1390. The lowest BCUT2D eigenvalue weighted by Gasteiger charge is -2.42. The molecule has 44 heavy (non-hydrogen) atoms. The van der Waals surface area contributed by atoms with Crippen LogP contribution in [0.4, 0.5) is 33.3 Å². The third-order valence-corrected chi connectivity index (χ3v) is 7.97. The van der Waals surface area contributed by atoms with Crippen LogP contribution in [0, 0.1) is 11.6 Å². The molecule has 15 heteroatoms. The molecule has 0 radical (unpaired) electrons. The minimum Gasteiger partial charge on any atom is -0.365 e. The lowest BCUT2D eigenvalue weighted by atomic mass is 10.1. The van der Waals surface area contributed by atoms with E-state index in [1.165, 1.54) is 30.0 Å².